The molecule has 0 aliphatic carbocycles. The zero-order chi connectivity index (χ0) is 16.5. The van der Waals surface area contributed by atoms with Gasteiger partial charge in [-0.25, -0.2) is 0 Å². The van der Waals surface area contributed by atoms with Crippen molar-refractivity contribution in [1.29, 1.82) is 0 Å². The van der Waals surface area contributed by atoms with Gasteiger partial charge in [-0.1, -0.05) is 12.1 Å². The minimum Gasteiger partial charge on any atom is -0.357 e. The van der Waals surface area contributed by atoms with Crippen LogP contribution < -0.4 is 10.6 Å². The Balaban J connectivity index is 1.77. The molecule has 7 heteroatoms. The number of likely N-dealkylation sites (tertiary alicyclic amines) is 1. The van der Waals surface area contributed by atoms with E-state index in [0.717, 1.165) is 12.5 Å². The van der Waals surface area contributed by atoms with Gasteiger partial charge in [0, 0.05) is 32.1 Å². The second-order valence-electron chi connectivity index (χ2n) is 6.01. The number of aryl methyl sites for hydroxylation is 1. The lowest BCUT2D eigenvalue weighted by Gasteiger charge is -2.32. The number of guanidine groups is 1. The molecule has 2 rings (SSSR count). The molecule has 0 aromatic carbocycles. The van der Waals surface area contributed by atoms with Crippen molar-refractivity contribution in [3.63, 3.8) is 0 Å². The summed E-state index contributed by atoms with van der Waals surface area (Å²) < 4.78 is 5.11. The average Bonchev–Trinajstić information content (AvgIpc) is 2.95. The number of aliphatic imine (C=N–C) groups is 1. The Morgan fingerprint density at radius 1 is 1.35 bits per heavy atom. The zero-order valence-corrected chi connectivity index (χ0v) is 14.6. The predicted octanol–water partition coefficient (Wildman–Crippen LogP) is 1.35. The second-order valence-corrected chi connectivity index (χ2v) is 6.01. The molecule has 1 aromatic heterocycles. The molecule has 130 valence electrons. The van der Waals surface area contributed by atoms with E-state index in [1.54, 1.807) is 0 Å². The van der Waals surface area contributed by atoms with Crippen LogP contribution in [0.5, 0.6) is 0 Å². The molecular formula is C16H30N6O. The number of hydrogen-bond donors (Lipinski definition) is 2. The van der Waals surface area contributed by atoms with Crippen molar-refractivity contribution in [2.45, 2.75) is 52.5 Å². The van der Waals surface area contributed by atoms with Crippen LogP contribution in [0.1, 0.15) is 44.8 Å². The molecule has 1 saturated heterocycles. The highest BCUT2D eigenvalue weighted by molar-refractivity contribution is 5.80. The summed E-state index contributed by atoms with van der Waals surface area (Å²) in [5, 5.41) is 10.7. The summed E-state index contributed by atoms with van der Waals surface area (Å²) in [6.45, 7) is 11.2. The molecule has 2 heterocycles. The SMILES string of the molecule is CCCN1CCC(NC(=NCCc2nc(C)no2)NCC)CC1. The molecular weight excluding hydrogens is 292 g/mol. The average molecular weight is 322 g/mol. The molecule has 1 aliphatic heterocycles. The van der Waals surface area contributed by atoms with Crippen molar-refractivity contribution in [2.75, 3.05) is 32.7 Å². The van der Waals surface area contributed by atoms with E-state index in [1.807, 2.05) is 6.92 Å². The van der Waals surface area contributed by atoms with Gasteiger partial charge >= 0.3 is 0 Å². The second kappa shape index (κ2) is 9.50. The van der Waals surface area contributed by atoms with Gasteiger partial charge in [0.05, 0.1) is 6.54 Å². The fourth-order valence-electron chi connectivity index (χ4n) is 2.84. The van der Waals surface area contributed by atoms with Gasteiger partial charge < -0.3 is 20.1 Å². The molecule has 0 unspecified atom stereocenters. The Labute approximate surface area is 138 Å². The van der Waals surface area contributed by atoms with E-state index in [9.17, 15) is 0 Å². The monoisotopic (exact) mass is 322 g/mol. The number of piperidine rings is 1. The summed E-state index contributed by atoms with van der Waals surface area (Å²) in [6, 6.07) is 0.506. The van der Waals surface area contributed by atoms with Gasteiger partial charge in [-0.15, -0.1) is 0 Å². The van der Waals surface area contributed by atoms with Gasteiger partial charge in [0.1, 0.15) is 0 Å². The van der Waals surface area contributed by atoms with Crippen molar-refractivity contribution < 1.29 is 4.52 Å². The molecule has 1 fully saturated rings. The molecule has 0 amide bonds. The van der Waals surface area contributed by atoms with Gasteiger partial charge in [0.15, 0.2) is 11.8 Å². The van der Waals surface area contributed by atoms with E-state index in [2.05, 4.69) is 44.5 Å². The quantitative estimate of drug-likeness (QED) is 0.583. The highest BCUT2D eigenvalue weighted by atomic mass is 16.5. The molecule has 0 spiro atoms. The fraction of sp³-hybridized carbons (Fsp3) is 0.812. The van der Waals surface area contributed by atoms with Crippen LogP contribution in [0.4, 0.5) is 0 Å². The predicted molar refractivity (Wildman–Crippen MR) is 91.6 cm³/mol. The Kier molecular flexibility index (Phi) is 7.32. The highest BCUT2D eigenvalue weighted by Crippen LogP contribution is 2.10. The largest absolute Gasteiger partial charge is 0.357 e. The first-order valence-electron chi connectivity index (χ1n) is 8.77. The maximum absolute atomic E-state index is 5.11. The molecule has 1 aromatic rings. The van der Waals surface area contributed by atoms with Crippen LogP contribution in [-0.2, 0) is 6.42 Å². The number of rotatable bonds is 7. The first-order valence-corrected chi connectivity index (χ1v) is 8.77. The standard InChI is InChI=1S/C16H30N6O/c1-4-10-22-11-7-14(8-12-22)20-16(17-5-2)18-9-6-15-19-13(3)21-23-15/h14H,4-12H2,1-3H3,(H2,17,18,20). The normalized spacial score (nSPS) is 17.4. The van der Waals surface area contributed by atoms with E-state index in [0.29, 0.717) is 30.7 Å². The molecule has 0 saturated carbocycles. The fourth-order valence-corrected chi connectivity index (χ4v) is 2.84. The van der Waals surface area contributed by atoms with Gasteiger partial charge in [0.2, 0.25) is 5.89 Å². The van der Waals surface area contributed by atoms with Gasteiger partial charge in [0.25, 0.3) is 0 Å². The topological polar surface area (TPSA) is 78.6 Å². The lowest BCUT2D eigenvalue weighted by Crippen LogP contribution is -2.48. The van der Waals surface area contributed by atoms with Crippen molar-refractivity contribution in [3.05, 3.63) is 11.7 Å². The number of aromatic nitrogens is 2. The molecule has 0 atom stereocenters. The molecule has 2 N–H and O–H groups in total. The van der Waals surface area contributed by atoms with Crippen molar-refractivity contribution in [2.24, 2.45) is 4.99 Å². The summed E-state index contributed by atoms with van der Waals surface area (Å²) in [4.78, 5) is 11.4. The van der Waals surface area contributed by atoms with Gasteiger partial charge in [-0.3, -0.25) is 4.99 Å². The Hall–Kier alpha value is -1.63. The molecule has 0 bridgehead atoms. The maximum Gasteiger partial charge on any atom is 0.228 e. The zero-order valence-electron chi connectivity index (χ0n) is 14.6. The third-order valence-corrected chi connectivity index (χ3v) is 3.98. The van der Waals surface area contributed by atoms with E-state index >= 15 is 0 Å². The summed E-state index contributed by atoms with van der Waals surface area (Å²) >= 11 is 0. The lowest BCUT2D eigenvalue weighted by molar-refractivity contribution is 0.206. The van der Waals surface area contributed by atoms with Crippen LogP contribution in [0, 0.1) is 6.92 Å². The van der Waals surface area contributed by atoms with Crippen LogP contribution in [0.25, 0.3) is 0 Å². The summed E-state index contributed by atoms with van der Waals surface area (Å²) in [6.07, 6.45) is 4.25. The van der Waals surface area contributed by atoms with E-state index in [-0.39, 0.29) is 0 Å². The van der Waals surface area contributed by atoms with Crippen LogP contribution in [-0.4, -0.2) is 59.8 Å². The Bertz CT molecular complexity index is 479. The smallest absolute Gasteiger partial charge is 0.228 e. The first-order chi connectivity index (χ1) is 11.2. The number of nitrogens with one attached hydrogen (secondary N) is 2. The third kappa shape index (κ3) is 6.17. The summed E-state index contributed by atoms with van der Waals surface area (Å²) in [5.41, 5.74) is 0. The van der Waals surface area contributed by atoms with Crippen molar-refractivity contribution in [3.8, 4) is 0 Å². The summed E-state index contributed by atoms with van der Waals surface area (Å²) in [5.74, 6) is 2.21. The van der Waals surface area contributed by atoms with Gasteiger partial charge in [-0.2, -0.15) is 4.98 Å². The number of hydrogen-bond acceptors (Lipinski definition) is 5. The third-order valence-electron chi connectivity index (χ3n) is 3.98. The van der Waals surface area contributed by atoms with E-state index < -0.39 is 0 Å². The summed E-state index contributed by atoms with van der Waals surface area (Å²) in [7, 11) is 0. The van der Waals surface area contributed by atoms with Gasteiger partial charge in [-0.05, 0) is 39.7 Å². The Morgan fingerprint density at radius 3 is 2.74 bits per heavy atom. The Morgan fingerprint density at radius 2 is 2.13 bits per heavy atom. The molecule has 0 radical (unpaired) electrons. The molecule has 7 nitrogen and oxygen atoms in total. The highest BCUT2D eigenvalue weighted by Gasteiger charge is 2.19. The van der Waals surface area contributed by atoms with E-state index in [4.69, 9.17) is 4.52 Å². The first kappa shape index (κ1) is 17.7. The van der Waals surface area contributed by atoms with Crippen molar-refractivity contribution >= 4 is 5.96 Å². The van der Waals surface area contributed by atoms with Crippen LogP contribution >= 0.6 is 0 Å². The minimum atomic E-state index is 0.506. The minimum absolute atomic E-state index is 0.506. The van der Waals surface area contributed by atoms with Crippen LogP contribution in [0.2, 0.25) is 0 Å². The maximum atomic E-state index is 5.11. The number of nitrogens with zero attached hydrogens (tertiary/aromatic N) is 4. The molecule has 1 aliphatic rings. The van der Waals surface area contributed by atoms with Crippen LogP contribution in [0.15, 0.2) is 9.52 Å². The molecule has 23 heavy (non-hydrogen) atoms. The van der Waals surface area contributed by atoms with Crippen LogP contribution in [0.3, 0.4) is 0 Å². The lowest BCUT2D eigenvalue weighted by atomic mass is 10.1. The van der Waals surface area contributed by atoms with Crippen molar-refractivity contribution in [1.82, 2.24) is 25.7 Å². The van der Waals surface area contributed by atoms with E-state index in [1.165, 1.54) is 38.9 Å².